The third kappa shape index (κ3) is 6.12. The molecule has 156 valence electrons. The average molecular weight is 437 g/mol. The van der Waals surface area contributed by atoms with Crippen molar-refractivity contribution in [3.63, 3.8) is 0 Å². The van der Waals surface area contributed by atoms with E-state index < -0.39 is 6.04 Å². The Morgan fingerprint density at radius 1 is 1.10 bits per heavy atom. The first-order valence-corrected chi connectivity index (χ1v) is 10.3. The first kappa shape index (κ1) is 23.0. The summed E-state index contributed by atoms with van der Waals surface area (Å²) in [6.07, 6.45) is 0.496. The second kappa shape index (κ2) is 11.1. The van der Waals surface area contributed by atoms with Gasteiger partial charge in [0.05, 0.1) is 13.5 Å². The first-order chi connectivity index (χ1) is 13.9. The van der Waals surface area contributed by atoms with Crippen LogP contribution >= 0.6 is 23.2 Å². The predicted octanol–water partition coefficient (Wildman–Crippen LogP) is 4.49. The third-order valence-electron chi connectivity index (χ3n) is 4.61. The summed E-state index contributed by atoms with van der Waals surface area (Å²) in [4.78, 5) is 27.5. The van der Waals surface area contributed by atoms with Crippen LogP contribution in [0, 0.1) is 0 Å². The summed E-state index contributed by atoms with van der Waals surface area (Å²) in [5.74, 6) is 0.285. The summed E-state index contributed by atoms with van der Waals surface area (Å²) in [6, 6.07) is 12.0. The van der Waals surface area contributed by atoms with Gasteiger partial charge in [-0.2, -0.15) is 0 Å². The Hall–Kier alpha value is -2.24. The van der Waals surface area contributed by atoms with E-state index in [9.17, 15) is 9.59 Å². The molecule has 7 heteroatoms. The van der Waals surface area contributed by atoms with Gasteiger partial charge in [0.25, 0.3) is 0 Å². The normalized spacial score (nSPS) is 11.6. The van der Waals surface area contributed by atoms with Crippen molar-refractivity contribution in [3.05, 3.63) is 63.6 Å². The van der Waals surface area contributed by atoms with Gasteiger partial charge in [0.15, 0.2) is 0 Å². The molecular weight excluding hydrogens is 411 g/mol. The van der Waals surface area contributed by atoms with Crippen molar-refractivity contribution in [2.24, 2.45) is 0 Å². The SMILES string of the molecule is CCNC(=O)[C@H](CC)N(Cc1cccc(OC)c1)C(=O)Cc1c(Cl)cccc1Cl. The van der Waals surface area contributed by atoms with Crippen LogP contribution in [0.3, 0.4) is 0 Å². The number of amides is 2. The number of benzene rings is 2. The maximum absolute atomic E-state index is 13.3. The molecule has 2 aromatic carbocycles. The lowest BCUT2D eigenvalue weighted by Gasteiger charge is -2.31. The fourth-order valence-corrected chi connectivity index (χ4v) is 3.66. The zero-order valence-electron chi connectivity index (χ0n) is 16.9. The number of hydrogen-bond acceptors (Lipinski definition) is 3. The lowest BCUT2D eigenvalue weighted by atomic mass is 10.1. The lowest BCUT2D eigenvalue weighted by molar-refractivity contribution is -0.140. The van der Waals surface area contributed by atoms with Gasteiger partial charge >= 0.3 is 0 Å². The number of methoxy groups -OCH3 is 1. The van der Waals surface area contributed by atoms with Crippen molar-refractivity contribution in [3.8, 4) is 5.75 Å². The molecule has 0 unspecified atom stereocenters. The Morgan fingerprint density at radius 3 is 2.34 bits per heavy atom. The van der Waals surface area contributed by atoms with Crippen LogP contribution in [-0.4, -0.2) is 36.4 Å². The monoisotopic (exact) mass is 436 g/mol. The number of rotatable bonds is 9. The molecule has 0 aliphatic rings. The van der Waals surface area contributed by atoms with Gasteiger partial charge in [-0.25, -0.2) is 0 Å². The van der Waals surface area contributed by atoms with Crippen LogP contribution in [0.2, 0.25) is 10.0 Å². The van der Waals surface area contributed by atoms with Crippen molar-refractivity contribution in [2.75, 3.05) is 13.7 Å². The van der Waals surface area contributed by atoms with E-state index >= 15 is 0 Å². The minimum absolute atomic E-state index is 0.0123. The average Bonchev–Trinajstić information content (AvgIpc) is 2.71. The number of halogens is 2. The van der Waals surface area contributed by atoms with Crippen molar-refractivity contribution < 1.29 is 14.3 Å². The summed E-state index contributed by atoms with van der Waals surface area (Å²) >= 11 is 12.5. The molecule has 0 aliphatic carbocycles. The zero-order chi connectivity index (χ0) is 21.4. The van der Waals surface area contributed by atoms with Gasteiger partial charge in [0, 0.05) is 23.1 Å². The van der Waals surface area contributed by atoms with Crippen molar-refractivity contribution in [1.82, 2.24) is 10.2 Å². The molecule has 0 bridgehead atoms. The Morgan fingerprint density at radius 2 is 1.76 bits per heavy atom. The van der Waals surface area contributed by atoms with E-state index in [1.807, 2.05) is 38.1 Å². The van der Waals surface area contributed by atoms with E-state index in [1.54, 1.807) is 30.2 Å². The number of nitrogens with zero attached hydrogens (tertiary/aromatic N) is 1. The van der Waals surface area contributed by atoms with Gasteiger partial charge in [0.2, 0.25) is 11.8 Å². The van der Waals surface area contributed by atoms with Crippen LogP contribution in [0.15, 0.2) is 42.5 Å². The molecule has 0 spiro atoms. The smallest absolute Gasteiger partial charge is 0.242 e. The predicted molar refractivity (Wildman–Crippen MR) is 116 cm³/mol. The van der Waals surface area contributed by atoms with Gasteiger partial charge in [-0.3, -0.25) is 9.59 Å². The molecule has 29 heavy (non-hydrogen) atoms. The van der Waals surface area contributed by atoms with Crippen molar-refractivity contribution in [2.45, 2.75) is 39.3 Å². The van der Waals surface area contributed by atoms with Gasteiger partial charge in [-0.05, 0) is 48.7 Å². The van der Waals surface area contributed by atoms with Gasteiger partial charge < -0.3 is 15.0 Å². The second-order valence-corrected chi connectivity index (χ2v) is 7.38. The summed E-state index contributed by atoms with van der Waals surface area (Å²) in [6.45, 7) is 4.50. The lowest BCUT2D eigenvalue weighted by Crippen LogP contribution is -2.49. The fourth-order valence-electron chi connectivity index (χ4n) is 3.13. The maximum Gasteiger partial charge on any atom is 0.242 e. The van der Waals surface area contributed by atoms with Crippen LogP contribution in [-0.2, 0) is 22.6 Å². The molecule has 2 aromatic rings. The molecule has 1 N–H and O–H groups in total. The molecule has 0 saturated heterocycles. The molecule has 0 aromatic heterocycles. The summed E-state index contributed by atoms with van der Waals surface area (Å²) < 4.78 is 5.28. The molecule has 0 fully saturated rings. The van der Waals surface area contributed by atoms with E-state index in [2.05, 4.69) is 5.32 Å². The Balaban J connectivity index is 2.36. The highest BCUT2D eigenvalue weighted by atomic mass is 35.5. The Kier molecular flexibility index (Phi) is 8.80. The number of likely N-dealkylation sites (N-methyl/N-ethyl adjacent to an activating group) is 1. The number of ether oxygens (including phenoxy) is 1. The van der Waals surface area contributed by atoms with Gasteiger partial charge in [0.1, 0.15) is 11.8 Å². The third-order valence-corrected chi connectivity index (χ3v) is 5.32. The fraction of sp³-hybridized carbons (Fsp3) is 0.364. The zero-order valence-corrected chi connectivity index (χ0v) is 18.4. The Bertz CT molecular complexity index is 837. The highest BCUT2D eigenvalue weighted by molar-refractivity contribution is 6.36. The van der Waals surface area contributed by atoms with Crippen molar-refractivity contribution in [1.29, 1.82) is 0 Å². The largest absolute Gasteiger partial charge is 0.497 e. The molecular formula is C22H26Cl2N2O3. The molecule has 0 radical (unpaired) electrons. The van der Waals surface area contributed by atoms with E-state index in [-0.39, 0.29) is 24.8 Å². The number of carbonyl (C=O) groups is 2. The highest BCUT2D eigenvalue weighted by Gasteiger charge is 2.29. The van der Waals surface area contributed by atoms with Crippen LogP contribution in [0.25, 0.3) is 0 Å². The van der Waals surface area contributed by atoms with Crippen LogP contribution < -0.4 is 10.1 Å². The number of carbonyl (C=O) groups excluding carboxylic acids is 2. The molecule has 1 atom stereocenters. The molecule has 0 aliphatic heterocycles. The second-order valence-electron chi connectivity index (χ2n) is 6.57. The summed E-state index contributed by atoms with van der Waals surface area (Å²) in [7, 11) is 1.59. The maximum atomic E-state index is 13.3. The van der Waals surface area contributed by atoms with E-state index in [0.29, 0.717) is 34.3 Å². The number of nitrogens with one attached hydrogen (secondary N) is 1. The molecule has 0 saturated carbocycles. The standard InChI is InChI=1S/C22H26Cl2N2O3/c1-4-20(22(28)25-5-2)26(14-15-8-6-9-16(12-15)29-3)21(27)13-17-18(23)10-7-11-19(17)24/h6-12,20H,4-5,13-14H2,1-3H3,(H,25,28)/t20-/m0/s1. The summed E-state index contributed by atoms with van der Waals surface area (Å²) in [5.41, 5.74) is 1.42. The summed E-state index contributed by atoms with van der Waals surface area (Å²) in [5, 5.41) is 3.68. The van der Waals surface area contributed by atoms with E-state index in [4.69, 9.17) is 27.9 Å². The van der Waals surface area contributed by atoms with Crippen LogP contribution in [0.1, 0.15) is 31.4 Å². The molecule has 5 nitrogen and oxygen atoms in total. The molecule has 2 amide bonds. The van der Waals surface area contributed by atoms with E-state index in [1.165, 1.54) is 0 Å². The topological polar surface area (TPSA) is 58.6 Å². The van der Waals surface area contributed by atoms with Crippen molar-refractivity contribution >= 4 is 35.0 Å². The van der Waals surface area contributed by atoms with Crippen LogP contribution in [0.5, 0.6) is 5.75 Å². The first-order valence-electron chi connectivity index (χ1n) is 9.54. The highest BCUT2D eigenvalue weighted by Crippen LogP contribution is 2.26. The van der Waals surface area contributed by atoms with Gasteiger partial charge in [-0.1, -0.05) is 48.3 Å². The van der Waals surface area contributed by atoms with Gasteiger partial charge in [-0.15, -0.1) is 0 Å². The quantitative estimate of drug-likeness (QED) is 0.629. The van der Waals surface area contributed by atoms with E-state index in [0.717, 1.165) is 5.56 Å². The minimum Gasteiger partial charge on any atom is -0.497 e. The number of hydrogen-bond donors (Lipinski definition) is 1. The minimum atomic E-state index is -0.602. The van der Waals surface area contributed by atoms with Crippen LogP contribution in [0.4, 0.5) is 0 Å². The Labute approximate surface area is 181 Å². The molecule has 0 heterocycles. The molecule has 2 rings (SSSR count).